The third kappa shape index (κ3) is 5.89. The number of hydrogen-bond donors (Lipinski definition) is 1. The number of nitrogens with one attached hydrogen (secondary N) is 1. The third-order valence-corrected chi connectivity index (χ3v) is 6.45. The largest absolute Gasteiger partial charge is 0.325 e. The first kappa shape index (κ1) is 20.1. The van der Waals surface area contributed by atoms with Gasteiger partial charge in [0.1, 0.15) is 0 Å². The molecule has 0 atom stereocenters. The fraction of sp³-hybridized carbons (Fsp3) is 0.429. The minimum atomic E-state index is 0.0283. The van der Waals surface area contributed by atoms with Crippen molar-refractivity contribution >= 4 is 40.3 Å². The minimum absolute atomic E-state index is 0.0283. The van der Waals surface area contributed by atoms with E-state index in [1.54, 1.807) is 13.0 Å². The molecule has 1 aliphatic heterocycles. The maximum Gasteiger partial charge on any atom is 0.224 e. The zero-order valence-electron chi connectivity index (χ0n) is 15.5. The van der Waals surface area contributed by atoms with Gasteiger partial charge in [0.05, 0.1) is 15.6 Å². The second-order valence-corrected chi connectivity index (χ2v) is 8.48. The molecule has 6 heteroatoms. The summed E-state index contributed by atoms with van der Waals surface area (Å²) in [5.41, 5.74) is 1.91. The highest BCUT2D eigenvalue weighted by atomic mass is 35.5. The van der Waals surface area contributed by atoms with Crippen LogP contribution in [-0.4, -0.2) is 29.7 Å². The zero-order valence-corrected chi connectivity index (χ0v) is 17.1. The highest BCUT2D eigenvalue weighted by Crippen LogP contribution is 2.25. The maximum atomic E-state index is 12.2. The molecule has 27 heavy (non-hydrogen) atoms. The van der Waals surface area contributed by atoms with Gasteiger partial charge in [-0.15, -0.1) is 11.3 Å². The molecule has 0 saturated carbocycles. The lowest BCUT2D eigenvalue weighted by Gasteiger charge is -2.31. The molecule has 1 aliphatic rings. The number of rotatable bonds is 7. The highest BCUT2D eigenvalue weighted by Gasteiger charge is 2.20. The predicted octanol–water partition coefficient (Wildman–Crippen LogP) is 5.24. The molecule has 4 nitrogen and oxygen atoms in total. The van der Waals surface area contributed by atoms with Crippen molar-refractivity contribution < 1.29 is 9.59 Å². The van der Waals surface area contributed by atoms with E-state index in [4.69, 9.17) is 11.6 Å². The van der Waals surface area contributed by atoms with Crippen molar-refractivity contribution in [3.05, 3.63) is 51.2 Å². The number of nitrogens with zero attached hydrogens (tertiary/aromatic N) is 1. The molecule has 1 aromatic heterocycles. The average Bonchev–Trinajstić information content (AvgIpc) is 3.12. The number of thiophene rings is 1. The van der Waals surface area contributed by atoms with Crippen molar-refractivity contribution in [1.29, 1.82) is 0 Å². The summed E-state index contributed by atoms with van der Waals surface area (Å²) in [4.78, 5) is 26.8. The van der Waals surface area contributed by atoms with E-state index in [0.29, 0.717) is 23.0 Å². The van der Waals surface area contributed by atoms with Gasteiger partial charge < -0.3 is 5.32 Å². The number of ketones is 1. The Morgan fingerprint density at radius 1 is 1.26 bits per heavy atom. The van der Waals surface area contributed by atoms with Gasteiger partial charge in [-0.1, -0.05) is 23.7 Å². The Balaban J connectivity index is 1.38. The number of benzene rings is 1. The van der Waals surface area contributed by atoms with Crippen LogP contribution < -0.4 is 5.32 Å². The maximum absolute atomic E-state index is 12.2. The lowest BCUT2D eigenvalue weighted by atomic mass is 9.92. The molecule has 0 spiro atoms. The number of likely N-dealkylation sites (tertiary alicyclic amines) is 1. The molecule has 0 radical (unpaired) electrons. The van der Waals surface area contributed by atoms with Crippen LogP contribution in [0, 0.1) is 5.92 Å². The monoisotopic (exact) mass is 404 g/mol. The normalized spacial score (nSPS) is 15.6. The third-order valence-electron chi connectivity index (χ3n) is 5.04. The Morgan fingerprint density at radius 3 is 2.67 bits per heavy atom. The van der Waals surface area contributed by atoms with Gasteiger partial charge >= 0.3 is 0 Å². The van der Waals surface area contributed by atoms with Gasteiger partial charge in [-0.05, 0) is 74.3 Å². The van der Waals surface area contributed by atoms with E-state index in [1.165, 1.54) is 16.9 Å². The van der Waals surface area contributed by atoms with Gasteiger partial charge in [-0.3, -0.25) is 14.5 Å². The summed E-state index contributed by atoms with van der Waals surface area (Å²) in [5, 5.41) is 5.55. The molecule has 1 fully saturated rings. The topological polar surface area (TPSA) is 49.4 Å². The zero-order chi connectivity index (χ0) is 19.2. The van der Waals surface area contributed by atoms with Gasteiger partial charge in [-0.2, -0.15) is 0 Å². The van der Waals surface area contributed by atoms with E-state index < -0.39 is 0 Å². The fourth-order valence-electron chi connectivity index (χ4n) is 3.45. The van der Waals surface area contributed by atoms with Crippen molar-refractivity contribution in [1.82, 2.24) is 4.90 Å². The second kappa shape index (κ2) is 9.49. The molecule has 1 aromatic carbocycles. The number of carbonyl (C=O) groups is 2. The lowest BCUT2D eigenvalue weighted by Crippen LogP contribution is -2.33. The van der Waals surface area contributed by atoms with Crippen molar-refractivity contribution in [2.75, 3.05) is 18.4 Å². The van der Waals surface area contributed by atoms with Crippen LogP contribution in [0.1, 0.15) is 47.8 Å². The van der Waals surface area contributed by atoms with Crippen LogP contribution in [0.25, 0.3) is 0 Å². The summed E-state index contributed by atoms with van der Waals surface area (Å²) >= 11 is 7.61. The van der Waals surface area contributed by atoms with Crippen molar-refractivity contribution in [3.63, 3.8) is 0 Å². The summed E-state index contributed by atoms with van der Waals surface area (Å²) in [6.45, 7) is 4.61. The summed E-state index contributed by atoms with van der Waals surface area (Å²) < 4.78 is 0. The van der Waals surface area contributed by atoms with Crippen LogP contribution in [0.4, 0.5) is 5.69 Å². The quantitative estimate of drug-likeness (QED) is 0.642. The number of Topliss-reactive ketones (excluding diaryl/α,β-unsaturated/α-hetero) is 1. The molecular weight excluding hydrogens is 380 g/mol. The van der Waals surface area contributed by atoms with E-state index in [2.05, 4.69) is 15.6 Å². The molecule has 2 aromatic rings. The Morgan fingerprint density at radius 2 is 2.00 bits per heavy atom. The fourth-order valence-corrected chi connectivity index (χ4v) is 4.43. The Bertz CT molecular complexity index is 797. The van der Waals surface area contributed by atoms with Crippen LogP contribution in [0.5, 0.6) is 0 Å². The summed E-state index contributed by atoms with van der Waals surface area (Å²) in [6.07, 6.45) is 3.67. The molecule has 3 rings (SSSR count). The summed E-state index contributed by atoms with van der Waals surface area (Å²) in [6, 6.07) is 9.32. The standard InChI is InChI=1S/C21H25ClN2O2S/c1-15(25)20-12-17(14-27-20)13-24-10-8-16(9-11-24)6-7-21(26)23-19-5-3-2-4-18(19)22/h2-5,12,14,16H,6-11,13H2,1H3,(H,23,26). The summed E-state index contributed by atoms with van der Waals surface area (Å²) in [5.74, 6) is 0.758. The predicted molar refractivity (Wildman–Crippen MR) is 112 cm³/mol. The number of anilines is 1. The smallest absolute Gasteiger partial charge is 0.224 e. The molecule has 0 aliphatic carbocycles. The lowest BCUT2D eigenvalue weighted by molar-refractivity contribution is -0.116. The van der Waals surface area contributed by atoms with Gasteiger partial charge in [-0.25, -0.2) is 0 Å². The first-order valence-electron chi connectivity index (χ1n) is 9.36. The number of hydrogen-bond acceptors (Lipinski definition) is 4. The van der Waals surface area contributed by atoms with E-state index in [1.807, 2.05) is 24.3 Å². The van der Waals surface area contributed by atoms with Crippen LogP contribution in [0.15, 0.2) is 35.7 Å². The molecule has 1 N–H and O–H groups in total. The number of halogens is 1. The molecule has 2 heterocycles. The molecule has 144 valence electrons. The van der Waals surface area contributed by atoms with Crippen molar-refractivity contribution in [2.45, 2.75) is 39.2 Å². The van der Waals surface area contributed by atoms with E-state index in [-0.39, 0.29) is 11.7 Å². The van der Waals surface area contributed by atoms with Gasteiger partial charge in [0, 0.05) is 13.0 Å². The SMILES string of the molecule is CC(=O)c1cc(CN2CCC(CCC(=O)Nc3ccccc3Cl)CC2)cs1. The molecule has 1 saturated heterocycles. The van der Waals surface area contributed by atoms with E-state index in [9.17, 15) is 9.59 Å². The highest BCUT2D eigenvalue weighted by molar-refractivity contribution is 7.12. The van der Waals surface area contributed by atoms with E-state index >= 15 is 0 Å². The number of para-hydroxylation sites is 1. The Labute approximate surface area is 169 Å². The van der Waals surface area contributed by atoms with Crippen LogP contribution in [0.2, 0.25) is 5.02 Å². The van der Waals surface area contributed by atoms with Crippen LogP contribution in [0.3, 0.4) is 0 Å². The summed E-state index contributed by atoms with van der Waals surface area (Å²) in [7, 11) is 0. The van der Waals surface area contributed by atoms with Gasteiger partial charge in [0.25, 0.3) is 0 Å². The van der Waals surface area contributed by atoms with Crippen molar-refractivity contribution in [3.8, 4) is 0 Å². The minimum Gasteiger partial charge on any atom is -0.325 e. The number of amides is 1. The molecule has 0 bridgehead atoms. The van der Waals surface area contributed by atoms with Gasteiger partial charge in [0.2, 0.25) is 5.91 Å². The molecular formula is C21H25ClN2O2S. The van der Waals surface area contributed by atoms with Crippen LogP contribution in [-0.2, 0) is 11.3 Å². The number of piperidine rings is 1. The van der Waals surface area contributed by atoms with Crippen LogP contribution >= 0.6 is 22.9 Å². The van der Waals surface area contributed by atoms with E-state index in [0.717, 1.165) is 43.8 Å². The van der Waals surface area contributed by atoms with Crippen molar-refractivity contribution in [2.24, 2.45) is 5.92 Å². The first-order chi connectivity index (χ1) is 13.0. The molecule has 1 amide bonds. The molecule has 0 unspecified atom stereocenters. The second-order valence-electron chi connectivity index (χ2n) is 7.16. The number of carbonyl (C=O) groups excluding carboxylic acids is 2. The van der Waals surface area contributed by atoms with Gasteiger partial charge in [0.15, 0.2) is 5.78 Å². The Hall–Kier alpha value is -1.69. The Kier molecular flexibility index (Phi) is 7.05. The first-order valence-corrected chi connectivity index (χ1v) is 10.6. The average molecular weight is 405 g/mol.